The molecular weight excluding hydrogens is 361 g/mol. The van der Waals surface area contributed by atoms with Crippen LogP contribution in [0, 0.1) is 5.82 Å². The first-order valence-electron chi connectivity index (χ1n) is 6.06. The maximum Gasteiger partial charge on any atom is 0.241 e. The fourth-order valence-electron chi connectivity index (χ4n) is 1.76. The van der Waals surface area contributed by atoms with Gasteiger partial charge in [0.1, 0.15) is 16.5 Å². The number of rotatable bonds is 5. The molecule has 7 heteroatoms. The Morgan fingerprint density at radius 3 is 2.48 bits per heavy atom. The number of hydrogen-bond donors (Lipinski definition) is 1. The van der Waals surface area contributed by atoms with Gasteiger partial charge in [-0.25, -0.2) is 17.9 Å². The van der Waals surface area contributed by atoms with Crippen LogP contribution in [-0.2, 0) is 16.4 Å². The van der Waals surface area contributed by atoms with Crippen LogP contribution in [0.25, 0.3) is 0 Å². The maximum atomic E-state index is 13.7. The topological polar surface area (TPSA) is 69.4 Å². The first-order valence-corrected chi connectivity index (χ1v) is 8.40. The number of nitrogens with two attached hydrogens (primary N) is 1. The van der Waals surface area contributed by atoms with E-state index in [2.05, 4.69) is 15.9 Å². The number of hydrogen-bond acceptors (Lipinski definition) is 3. The molecule has 0 aromatic heterocycles. The van der Waals surface area contributed by atoms with Crippen LogP contribution in [0.4, 0.5) is 4.39 Å². The Kier molecular flexibility index (Phi) is 4.97. The molecule has 112 valence electrons. The van der Waals surface area contributed by atoms with E-state index >= 15 is 0 Å². The van der Waals surface area contributed by atoms with E-state index in [0.717, 1.165) is 17.7 Å². The monoisotopic (exact) mass is 373 g/mol. The molecule has 0 bridgehead atoms. The quantitative estimate of drug-likeness (QED) is 0.875. The highest BCUT2D eigenvalue weighted by Crippen LogP contribution is 2.30. The van der Waals surface area contributed by atoms with Crippen molar-refractivity contribution in [1.82, 2.24) is 0 Å². The second kappa shape index (κ2) is 6.55. The van der Waals surface area contributed by atoms with E-state index < -0.39 is 20.7 Å². The zero-order valence-electron chi connectivity index (χ0n) is 10.9. The Balaban J connectivity index is 2.09. The Bertz CT molecular complexity index is 735. The van der Waals surface area contributed by atoms with E-state index in [1.165, 1.54) is 0 Å². The van der Waals surface area contributed by atoms with Crippen LogP contribution < -0.4 is 9.88 Å². The normalized spacial score (nSPS) is 11.4. The molecular formula is C14H13BrFNO3S. The molecule has 2 aromatic carbocycles. The number of ether oxygens (including phenoxy) is 1. The summed E-state index contributed by atoms with van der Waals surface area (Å²) in [6, 6.07) is 11.8. The lowest BCUT2D eigenvalue weighted by molar-refractivity contribution is 0.317. The van der Waals surface area contributed by atoms with Crippen LogP contribution in [0.3, 0.4) is 0 Å². The Labute approximate surface area is 130 Å². The summed E-state index contributed by atoms with van der Waals surface area (Å²) < 4.78 is 41.9. The summed E-state index contributed by atoms with van der Waals surface area (Å²) in [4.78, 5) is -0.565. The van der Waals surface area contributed by atoms with Crippen molar-refractivity contribution in [3.8, 4) is 5.75 Å². The number of sulfonamides is 1. The molecule has 0 atom stereocenters. The predicted molar refractivity (Wildman–Crippen MR) is 81.1 cm³/mol. The molecule has 0 aliphatic rings. The second-order valence-corrected chi connectivity index (χ2v) is 6.73. The van der Waals surface area contributed by atoms with Crippen molar-refractivity contribution in [2.45, 2.75) is 11.3 Å². The summed E-state index contributed by atoms with van der Waals surface area (Å²) in [5, 5.41) is 4.92. The fraction of sp³-hybridized carbons (Fsp3) is 0.143. The molecule has 0 saturated heterocycles. The zero-order chi connectivity index (χ0) is 15.5. The summed E-state index contributed by atoms with van der Waals surface area (Å²) in [7, 11) is -4.10. The lowest BCUT2D eigenvalue weighted by atomic mass is 10.2. The first-order chi connectivity index (χ1) is 9.88. The lowest BCUT2D eigenvalue weighted by Crippen LogP contribution is -2.14. The molecule has 2 aromatic rings. The molecule has 2 rings (SSSR count). The molecule has 0 spiro atoms. The van der Waals surface area contributed by atoms with E-state index in [-0.39, 0.29) is 5.75 Å². The standard InChI is InChI=1S/C14H13BrFNO3S/c15-11-8-14(21(17,18)19)12(16)9-13(11)20-7-6-10-4-2-1-3-5-10/h1-5,8-9H,6-7H2,(H2,17,18,19). The Morgan fingerprint density at radius 2 is 1.86 bits per heavy atom. The first kappa shape index (κ1) is 15.9. The summed E-state index contributed by atoms with van der Waals surface area (Å²) in [5.74, 6) is -0.703. The molecule has 0 aliphatic carbocycles. The van der Waals surface area contributed by atoms with Crippen LogP contribution in [0.5, 0.6) is 5.75 Å². The molecule has 0 heterocycles. The van der Waals surface area contributed by atoms with Crippen molar-refractivity contribution in [2.24, 2.45) is 5.14 Å². The van der Waals surface area contributed by atoms with E-state index in [1.807, 2.05) is 30.3 Å². The Hall–Kier alpha value is -1.44. The highest BCUT2D eigenvalue weighted by molar-refractivity contribution is 9.10. The minimum atomic E-state index is -4.10. The molecule has 0 saturated carbocycles. The van der Waals surface area contributed by atoms with Gasteiger partial charge in [-0.1, -0.05) is 30.3 Å². The zero-order valence-corrected chi connectivity index (χ0v) is 13.3. The third-order valence-electron chi connectivity index (χ3n) is 2.78. The molecule has 0 amide bonds. The summed E-state index contributed by atoms with van der Waals surface area (Å²) in [6.07, 6.45) is 0.659. The number of primary sulfonamides is 1. The highest BCUT2D eigenvalue weighted by atomic mass is 79.9. The van der Waals surface area contributed by atoms with Crippen LogP contribution in [0.2, 0.25) is 0 Å². The minimum absolute atomic E-state index is 0.232. The molecule has 2 N–H and O–H groups in total. The van der Waals surface area contributed by atoms with Crippen molar-refractivity contribution in [3.63, 3.8) is 0 Å². The average molecular weight is 374 g/mol. The van der Waals surface area contributed by atoms with Crippen LogP contribution in [0.15, 0.2) is 51.8 Å². The highest BCUT2D eigenvalue weighted by Gasteiger charge is 2.17. The van der Waals surface area contributed by atoms with Crippen molar-refractivity contribution >= 4 is 26.0 Å². The van der Waals surface area contributed by atoms with Crippen LogP contribution in [-0.4, -0.2) is 15.0 Å². The van der Waals surface area contributed by atoms with Gasteiger partial charge in [0, 0.05) is 12.5 Å². The van der Waals surface area contributed by atoms with Crippen LogP contribution in [0.1, 0.15) is 5.56 Å². The predicted octanol–water partition coefficient (Wildman–Crippen LogP) is 2.86. The van der Waals surface area contributed by atoms with E-state index in [1.54, 1.807) is 0 Å². The SMILES string of the molecule is NS(=O)(=O)c1cc(Br)c(OCCc2ccccc2)cc1F. The minimum Gasteiger partial charge on any atom is -0.492 e. The average Bonchev–Trinajstić information content (AvgIpc) is 2.42. The van der Waals surface area contributed by atoms with Gasteiger partial charge in [0.25, 0.3) is 0 Å². The molecule has 0 radical (unpaired) electrons. The van der Waals surface area contributed by atoms with Crippen molar-refractivity contribution < 1.29 is 17.5 Å². The van der Waals surface area contributed by atoms with Crippen LogP contribution >= 0.6 is 15.9 Å². The van der Waals surface area contributed by atoms with Gasteiger partial charge in [-0.3, -0.25) is 0 Å². The van der Waals surface area contributed by atoms with E-state index in [4.69, 9.17) is 9.88 Å². The molecule has 0 unspecified atom stereocenters. The molecule has 0 aliphatic heterocycles. The Morgan fingerprint density at radius 1 is 1.19 bits per heavy atom. The van der Waals surface area contributed by atoms with Gasteiger partial charge in [0.15, 0.2) is 0 Å². The summed E-state index contributed by atoms with van der Waals surface area (Å²) >= 11 is 3.15. The van der Waals surface area contributed by atoms with Crippen molar-refractivity contribution in [3.05, 3.63) is 58.3 Å². The van der Waals surface area contributed by atoms with E-state index in [0.29, 0.717) is 17.5 Å². The van der Waals surface area contributed by atoms with Gasteiger partial charge < -0.3 is 4.74 Å². The summed E-state index contributed by atoms with van der Waals surface area (Å²) in [6.45, 7) is 0.344. The van der Waals surface area contributed by atoms with Crippen molar-refractivity contribution in [2.75, 3.05) is 6.61 Å². The van der Waals surface area contributed by atoms with Gasteiger partial charge in [-0.15, -0.1) is 0 Å². The fourth-order valence-corrected chi connectivity index (χ4v) is 2.98. The third kappa shape index (κ3) is 4.26. The van der Waals surface area contributed by atoms with Gasteiger partial charge in [0.2, 0.25) is 10.0 Å². The largest absolute Gasteiger partial charge is 0.492 e. The number of benzene rings is 2. The summed E-state index contributed by atoms with van der Waals surface area (Å²) in [5.41, 5.74) is 1.09. The number of halogens is 2. The van der Waals surface area contributed by atoms with Gasteiger partial charge in [-0.05, 0) is 27.6 Å². The van der Waals surface area contributed by atoms with Gasteiger partial charge in [0.05, 0.1) is 11.1 Å². The molecule has 0 fully saturated rings. The molecule has 21 heavy (non-hydrogen) atoms. The van der Waals surface area contributed by atoms with Gasteiger partial charge in [-0.2, -0.15) is 0 Å². The van der Waals surface area contributed by atoms with Gasteiger partial charge >= 0.3 is 0 Å². The van der Waals surface area contributed by atoms with Crippen molar-refractivity contribution in [1.29, 1.82) is 0 Å². The third-order valence-corrected chi connectivity index (χ3v) is 4.33. The molecule has 4 nitrogen and oxygen atoms in total. The smallest absolute Gasteiger partial charge is 0.241 e. The maximum absolute atomic E-state index is 13.7. The lowest BCUT2D eigenvalue weighted by Gasteiger charge is -2.10. The van der Waals surface area contributed by atoms with E-state index in [9.17, 15) is 12.8 Å². The second-order valence-electron chi connectivity index (χ2n) is 4.34.